The van der Waals surface area contributed by atoms with Crippen LogP contribution in [0.2, 0.25) is 5.02 Å². The van der Waals surface area contributed by atoms with Gasteiger partial charge in [-0.3, -0.25) is 4.79 Å². The molecule has 0 amide bonds. The molecule has 9 heteroatoms. The summed E-state index contributed by atoms with van der Waals surface area (Å²) in [6.45, 7) is 3.42. The lowest BCUT2D eigenvalue weighted by Crippen LogP contribution is -2.23. The fourth-order valence-corrected chi connectivity index (χ4v) is 3.35. The molecule has 0 aliphatic rings. The molecule has 0 saturated carbocycles. The quantitative estimate of drug-likeness (QED) is 0.490. The Balaban J connectivity index is 1.98. The maximum atomic E-state index is 13.0. The van der Waals surface area contributed by atoms with Crippen LogP contribution in [0.3, 0.4) is 0 Å². The molecule has 1 N–H and O–H groups in total. The number of hydrogen-bond acceptors (Lipinski definition) is 5. The van der Waals surface area contributed by atoms with E-state index in [2.05, 4.69) is 26.0 Å². The summed E-state index contributed by atoms with van der Waals surface area (Å²) in [7, 11) is 0. The summed E-state index contributed by atoms with van der Waals surface area (Å²) in [5, 5.41) is 14.0. The molecule has 0 aliphatic heterocycles. The summed E-state index contributed by atoms with van der Waals surface area (Å²) in [5.74, 6) is -0.269. The monoisotopic (exact) mass is 491 g/mol. The van der Waals surface area contributed by atoms with E-state index in [9.17, 15) is 9.59 Å². The highest BCUT2D eigenvalue weighted by Crippen LogP contribution is 2.26. The average molecular weight is 493 g/mol. The van der Waals surface area contributed by atoms with Crippen LogP contribution in [-0.4, -0.2) is 33.1 Å². The summed E-state index contributed by atoms with van der Waals surface area (Å²) < 4.78 is 7.39. The van der Waals surface area contributed by atoms with Crippen molar-refractivity contribution in [2.75, 3.05) is 0 Å². The third-order valence-corrected chi connectivity index (χ3v) is 5.07. The zero-order chi connectivity index (χ0) is 21.8. The number of rotatable bonds is 7. The highest BCUT2D eigenvalue weighted by atomic mass is 79.9. The van der Waals surface area contributed by atoms with Gasteiger partial charge in [0.05, 0.1) is 22.1 Å². The van der Waals surface area contributed by atoms with Crippen molar-refractivity contribution >= 4 is 50.6 Å². The first kappa shape index (κ1) is 22.0. The number of nitrogens with zero attached hydrogens (tertiary/aromatic N) is 3. The fourth-order valence-electron chi connectivity index (χ4n) is 2.76. The maximum absolute atomic E-state index is 13.0. The largest absolute Gasteiger partial charge is 0.479 e. The lowest BCUT2D eigenvalue weighted by molar-refractivity contribution is -0.144. The number of fused-ring (bicyclic) bond motifs is 1. The lowest BCUT2D eigenvalue weighted by Gasteiger charge is -2.12. The van der Waals surface area contributed by atoms with Gasteiger partial charge in [-0.25, -0.2) is 9.78 Å². The molecule has 0 radical (unpaired) electrons. The molecule has 156 valence electrons. The zero-order valence-electron chi connectivity index (χ0n) is 16.3. The van der Waals surface area contributed by atoms with Gasteiger partial charge >= 0.3 is 5.97 Å². The van der Waals surface area contributed by atoms with Crippen molar-refractivity contribution in [3.8, 4) is 5.75 Å². The van der Waals surface area contributed by atoms with Crippen LogP contribution in [0.1, 0.15) is 31.7 Å². The standard InChI is InChI=1S/C21H19BrClN3O4/c1-3-4-19-25-17-7-6-14(22)10-15(17)20(27)26(19)24-11-13-5-8-18(16(23)9-13)30-12(2)21(28)29/h5-12H,3-4H2,1-2H3,(H,28,29)/t12-/m0/s1. The highest BCUT2D eigenvalue weighted by molar-refractivity contribution is 9.10. The number of aryl methyl sites for hydroxylation is 1. The topological polar surface area (TPSA) is 93.8 Å². The van der Waals surface area contributed by atoms with Crippen molar-refractivity contribution < 1.29 is 14.6 Å². The van der Waals surface area contributed by atoms with Gasteiger partial charge in [-0.1, -0.05) is 34.5 Å². The van der Waals surface area contributed by atoms with Crippen LogP contribution in [-0.2, 0) is 11.2 Å². The van der Waals surface area contributed by atoms with Crippen LogP contribution in [0.4, 0.5) is 0 Å². The highest BCUT2D eigenvalue weighted by Gasteiger charge is 2.15. The van der Waals surface area contributed by atoms with E-state index in [1.165, 1.54) is 17.8 Å². The minimum Gasteiger partial charge on any atom is -0.479 e. The molecular formula is C21H19BrClN3O4. The minimum atomic E-state index is -1.09. The van der Waals surface area contributed by atoms with E-state index < -0.39 is 12.1 Å². The molecule has 3 rings (SSSR count). The number of ether oxygens (including phenoxy) is 1. The SMILES string of the molecule is CCCc1nc2ccc(Br)cc2c(=O)n1N=Cc1ccc(O[C@@H](C)C(=O)O)c(Cl)c1. The number of halogens is 2. The fraction of sp³-hybridized carbons (Fsp3) is 0.238. The van der Waals surface area contributed by atoms with Crippen LogP contribution in [0.5, 0.6) is 5.75 Å². The number of carboxylic acids is 1. The van der Waals surface area contributed by atoms with Crippen LogP contribution in [0.25, 0.3) is 10.9 Å². The predicted molar refractivity (Wildman–Crippen MR) is 120 cm³/mol. The molecule has 1 aromatic heterocycles. The summed E-state index contributed by atoms with van der Waals surface area (Å²) >= 11 is 9.58. The first-order chi connectivity index (χ1) is 14.3. The Morgan fingerprint density at radius 2 is 2.13 bits per heavy atom. The molecule has 30 heavy (non-hydrogen) atoms. The van der Waals surface area contributed by atoms with Gasteiger partial charge < -0.3 is 9.84 Å². The second-order valence-electron chi connectivity index (χ2n) is 6.59. The van der Waals surface area contributed by atoms with E-state index in [-0.39, 0.29) is 16.3 Å². The van der Waals surface area contributed by atoms with E-state index in [4.69, 9.17) is 21.4 Å². The molecule has 1 atom stereocenters. The molecule has 2 aromatic carbocycles. The molecule has 0 spiro atoms. The molecule has 0 saturated heterocycles. The molecule has 7 nitrogen and oxygen atoms in total. The first-order valence-corrected chi connectivity index (χ1v) is 10.4. The van der Waals surface area contributed by atoms with Gasteiger partial charge in [-0.2, -0.15) is 9.78 Å². The van der Waals surface area contributed by atoms with E-state index in [1.54, 1.807) is 30.3 Å². The van der Waals surface area contributed by atoms with Gasteiger partial charge in [0.1, 0.15) is 11.6 Å². The van der Waals surface area contributed by atoms with Gasteiger partial charge in [0.15, 0.2) is 6.10 Å². The summed E-state index contributed by atoms with van der Waals surface area (Å²) in [4.78, 5) is 28.5. The van der Waals surface area contributed by atoms with Crippen molar-refractivity contribution in [1.29, 1.82) is 0 Å². The average Bonchev–Trinajstić information content (AvgIpc) is 2.70. The normalized spacial score (nSPS) is 12.4. The van der Waals surface area contributed by atoms with E-state index >= 15 is 0 Å². The summed E-state index contributed by atoms with van der Waals surface area (Å²) in [6, 6.07) is 10.2. The van der Waals surface area contributed by atoms with Crippen molar-refractivity contribution in [2.45, 2.75) is 32.8 Å². The lowest BCUT2D eigenvalue weighted by atomic mass is 10.2. The van der Waals surface area contributed by atoms with Gasteiger partial charge in [0, 0.05) is 10.9 Å². The number of benzene rings is 2. The van der Waals surface area contributed by atoms with Crippen molar-refractivity contribution in [3.05, 3.63) is 67.6 Å². The van der Waals surface area contributed by atoms with Crippen LogP contribution < -0.4 is 10.3 Å². The van der Waals surface area contributed by atoms with Gasteiger partial charge in [-0.15, -0.1) is 0 Å². The Labute approximate surface area is 186 Å². The third kappa shape index (κ3) is 4.88. The Morgan fingerprint density at radius 3 is 2.80 bits per heavy atom. The smallest absolute Gasteiger partial charge is 0.344 e. The Kier molecular flexibility index (Phi) is 6.89. The van der Waals surface area contributed by atoms with E-state index in [0.717, 1.165) is 10.9 Å². The molecule has 3 aromatic rings. The predicted octanol–water partition coefficient (Wildman–Crippen LogP) is 4.50. The number of hydrogen-bond donors (Lipinski definition) is 1. The Bertz CT molecular complexity index is 1190. The van der Waals surface area contributed by atoms with Gasteiger partial charge in [0.25, 0.3) is 5.56 Å². The van der Waals surface area contributed by atoms with Crippen molar-refractivity contribution in [1.82, 2.24) is 9.66 Å². The second kappa shape index (κ2) is 9.40. The van der Waals surface area contributed by atoms with Crippen molar-refractivity contribution in [2.24, 2.45) is 5.10 Å². The number of aliphatic carboxylic acids is 1. The summed E-state index contributed by atoms with van der Waals surface area (Å²) in [6.07, 6.45) is 1.88. The van der Waals surface area contributed by atoms with Crippen molar-refractivity contribution in [3.63, 3.8) is 0 Å². The maximum Gasteiger partial charge on any atom is 0.344 e. The number of carbonyl (C=O) groups is 1. The molecule has 0 fully saturated rings. The van der Waals surface area contributed by atoms with Crippen LogP contribution in [0, 0.1) is 0 Å². The second-order valence-corrected chi connectivity index (χ2v) is 7.91. The van der Waals surface area contributed by atoms with Crippen LogP contribution in [0.15, 0.2) is 50.8 Å². The molecular weight excluding hydrogens is 474 g/mol. The van der Waals surface area contributed by atoms with Gasteiger partial charge in [-0.05, 0) is 55.3 Å². The Hall–Kier alpha value is -2.71. The molecule has 0 unspecified atom stereocenters. The summed E-state index contributed by atoms with van der Waals surface area (Å²) in [5.41, 5.74) is 0.983. The van der Waals surface area contributed by atoms with Crippen LogP contribution >= 0.6 is 27.5 Å². The Morgan fingerprint density at radius 1 is 1.37 bits per heavy atom. The first-order valence-electron chi connectivity index (χ1n) is 9.24. The molecule has 0 aliphatic carbocycles. The van der Waals surface area contributed by atoms with E-state index in [1.807, 2.05) is 13.0 Å². The van der Waals surface area contributed by atoms with Gasteiger partial charge in [0.2, 0.25) is 0 Å². The van der Waals surface area contributed by atoms with E-state index in [0.29, 0.717) is 28.7 Å². The number of carboxylic acid groups (broad SMARTS) is 1. The minimum absolute atomic E-state index is 0.244. The third-order valence-electron chi connectivity index (χ3n) is 4.28. The zero-order valence-corrected chi connectivity index (χ0v) is 18.6. The molecule has 0 bridgehead atoms. The number of aromatic nitrogens is 2. The molecule has 1 heterocycles.